The lowest BCUT2D eigenvalue weighted by molar-refractivity contribution is -0.159. The van der Waals surface area contributed by atoms with E-state index in [4.69, 9.17) is 20.1 Å². The van der Waals surface area contributed by atoms with Gasteiger partial charge in [-0.2, -0.15) is 0 Å². The normalized spacial score (nSPS) is 12.6. The van der Waals surface area contributed by atoms with Crippen molar-refractivity contribution >= 4 is 29.7 Å². The van der Waals surface area contributed by atoms with Gasteiger partial charge < -0.3 is 35.8 Å². The van der Waals surface area contributed by atoms with E-state index < -0.39 is 54.3 Å². The molecule has 1 rings (SSSR count). The van der Waals surface area contributed by atoms with E-state index >= 15 is 0 Å². The summed E-state index contributed by atoms with van der Waals surface area (Å²) in [5.41, 5.74) is 0.526. The summed E-state index contributed by atoms with van der Waals surface area (Å²) in [6, 6.07) is 3.97. The lowest BCUT2D eigenvalue weighted by Crippen LogP contribution is -2.51. The van der Waals surface area contributed by atoms with E-state index in [0.717, 1.165) is 0 Å². The van der Waals surface area contributed by atoms with Crippen LogP contribution in [0.15, 0.2) is 24.3 Å². The predicted molar refractivity (Wildman–Crippen MR) is 117 cm³/mol. The third-order valence-corrected chi connectivity index (χ3v) is 4.61. The second-order valence-corrected chi connectivity index (χ2v) is 8.05. The first-order chi connectivity index (χ1) is 15.9. The highest BCUT2D eigenvalue weighted by molar-refractivity contribution is 5.96. The lowest BCUT2D eigenvalue weighted by atomic mass is 10.0. The highest BCUT2D eigenvalue weighted by Gasteiger charge is 2.28. The van der Waals surface area contributed by atoms with Crippen LogP contribution in [-0.2, 0) is 30.4 Å². The number of aliphatic carboxylic acids is 3. The van der Waals surface area contributed by atoms with Gasteiger partial charge in [0.15, 0.2) is 0 Å². The van der Waals surface area contributed by atoms with Crippen LogP contribution in [0.1, 0.15) is 38.7 Å². The molecule has 12 heteroatoms. The first-order valence-electron chi connectivity index (χ1n) is 10.6. The Morgan fingerprint density at radius 2 is 1.50 bits per heavy atom. The minimum atomic E-state index is -2.09. The van der Waals surface area contributed by atoms with Gasteiger partial charge in [-0.3, -0.25) is 14.4 Å². The monoisotopic (exact) mass is 482 g/mol. The van der Waals surface area contributed by atoms with E-state index in [1.54, 1.807) is 0 Å². The average molecular weight is 482 g/mol. The molecule has 0 fully saturated rings. The number of rotatable bonds is 15. The van der Waals surface area contributed by atoms with Crippen LogP contribution in [0.5, 0.6) is 5.75 Å². The van der Waals surface area contributed by atoms with Crippen molar-refractivity contribution in [2.24, 2.45) is 5.92 Å². The summed E-state index contributed by atoms with van der Waals surface area (Å²) >= 11 is 0. The minimum Gasteiger partial charge on any atom is -0.481 e. The summed E-state index contributed by atoms with van der Waals surface area (Å²) in [7, 11) is 0. The molecule has 0 saturated carbocycles. The maximum Gasteiger partial charge on any atom is 0.356 e. The van der Waals surface area contributed by atoms with Crippen LogP contribution >= 0.6 is 0 Å². The molecule has 1 aromatic carbocycles. The van der Waals surface area contributed by atoms with Gasteiger partial charge in [-0.1, -0.05) is 26.0 Å². The SMILES string of the molecule is CC(C)C[C@@H](CO)NC(=O)C(Cc1ccc(OC(C(=O)O)C(=O)O)cc1)NC(=O)CCC(=O)O. The molecule has 0 heterocycles. The summed E-state index contributed by atoms with van der Waals surface area (Å²) in [5, 5.41) is 41.3. The number of hydrogen-bond donors (Lipinski definition) is 6. The number of aliphatic hydroxyl groups is 1. The second kappa shape index (κ2) is 13.8. The minimum absolute atomic E-state index is 0.00790. The second-order valence-electron chi connectivity index (χ2n) is 8.05. The number of benzene rings is 1. The van der Waals surface area contributed by atoms with E-state index in [1.807, 2.05) is 13.8 Å². The molecule has 2 amide bonds. The molecule has 6 N–H and O–H groups in total. The topological polar surface area (TPSA) is 200 Å². The Hall–Kier alpha value is -3.67. The van der Waals surface area contributed by atoms with Gasteiger partial charge in [-0.05, 0) is 30.0 Å². The molecule has 1 unspecified atom stereocenters. The van der Waals surface area contributed by atoms with Crippen molar-refractivity contribution in [3.05, 3.63) is 29.8 Å². The van der Waals surface area contributed by atoms with Gasteiger partial charge in [0.05, 0.1) is 19.1 Å². The van der Waals surface area contributed by atoms with Crippen LogP contribution in [0.25, 0.3) is 0 Å². The zero-order valence-corrected chi connectivity index (χ0v) is 18.9. The Balaban J connectivity index is 2.97. The van der Waals surface area contributed by atoms with Crippen LogP contribution in [0, 0.1) is 5.92 Å². The van der Waals surface area contributed by atoms with Crippen molar-refractivity contribution in [2.45, 2.75) is 57.7 Å². The van der Waals surface area contributed by atoms with Crippen LogP contribution in [0.4, 0.5) is 0 Å². The van der Waals surface area contributed by atoms with Crippen LogP contribution in [-0.4, -0.2) is 74.9 Å². The molecule has 0 aliphatic carbocycles. The molecule has 34 heavy (non-hydrogen) atoms. The molecule has 0 spiro atoms. The molecule has 188 valence electrons. The van der Waals surface area contributed by atoms with Gasteiger partial charge in [0.1, 0.15) is 11.8 Å². The molecular formula is C22H30N2O10. The smallest absolute Gasteiger partial charge is 0.356 e. The zero-order valence-electron chi connectivity index (χ0n) is 18.9. The quantitative estimate of drug-likeness (QED) is 0.185. The van der Waals surface area contributed by atoms with Crippen molar-refractivity contribution in [3.63, 3.8) is 0 Å². The molecule has 0 bridgehead atoms. The highest BCUT2D eigenvalue weighted by Crippen LogP contribution is 2.16. The van der Waals surface area contributed by atoms with E-state index in [9.17, 15) is 29.1 Å². The largest absolute Gasteiger partial charge is 0.481 e. The van der Waals surface area contributed by atoms with Crippen LogP contribution in [0.2, 0.25) is 0 Å². The summed E-state index contributed by atoms with van der Waals surface area (Å²) in [6.07, 6.45) is -2.33. The predicted octanol–water partition coefficient (Wildman–Crippen LogP) is 0.0185. The van der Waals surface area contributed by atoms with Crippen molar-refractivity contribution in [3.8, 4) is 5.75 Å². The van der Waals surface area contributed by atoms with E-state index in [1.165, 1.54) is 24.3 Å². The van der Waals surface area contributed by atoms with Crippen LogP contribution < -0.4 is 15.4 Å². The van der Waals surface area contributed by atoms with Crippen molar-refractivity contribution in [1.29, 1.82) is 0 Å². The number of carbonyl (C=O) groups is 5. The molecule has 0 aromatic heterocycles. The van der Waals surface area contributed by atoms with E-state index in [-0.39, 0.29) is 31.1 Å². The molecular weight excluding hydrogens is 452 g/mol. The fraction of sp³-hybridized carbons (Fsp3) is 0.500. The molecule has 12 nitrogen and oxygen atoms in total. The zero-order chi connectivity index (χ0) is 25.8. The van der Waals surface area contributed by atoms with Gasteiger partial charge in [0.2, 0.25) is 11.8 Å². The molecule has 2 atom stereocenters. The fourth-order valence-electron chi connectivity index (χ4n) is 3.03. The Labute approximate surface area is 195 Å². The number of nitrogens with one attached hydrogen (secondary N) is 2. The van der Waals surface area contributed by atoms with Crippen molar-refractivity contribution < 1.29 is 49.1 Å². The first kappa shape index (κ1) is 28.4. The maximum absolute atomic E-state index is 12.8. The number of hydrogen-bond acceptors (Lipinski definition) is 7. The Morgan fingerprint density at radius 1 is 0.912 bits per heavy atom. The molecule has 0 radical (unpaired) electrons. The number of aliphatic hydroxyl groups excluding tert-OH is 1. The van der Waals surface area contributed by atoms with Crippen molar-refractivity contribution in [2.75, 3.05) is 6.61 Å². The Bertz CT molecular complexity index is 855. The lowest BCUT2D eigenvalue weighted by Gasteiger charge is -2.23. The number of carboxylic acid groups (broad SMARTS) is 3. The van der Waals surface area contributed by atoms with Gasteiger partial charge in [-0.15, -0.1) is 0 Å². The van der Waals surface area contributed by atoms with E-state index in [0.29, 0.717) is 12.0 Å². The Morgan fingerprint density at radius 3 is 1.97 bits per heavy atom. The van der Waals surface area contributed by atoms with Gasteiger partial charge in [0, 0.05) is 12.8 Å². The van der Waals surface area contributed by atoms with Gasteiger partial charge >= 0.3 is 17.9 Å². The van der Waals surface area contributed by atoms with Crippen LogP contribution in [0.3, 0.4) is 0 Å². The number of carboxylic acids is 3. The number of ether oxygens (including phenoxy) is 1. The average Bonchev–Trinajstić information content (AvgIpc) is 2.75. The Kier molecular flexibility index (Phi) is 11.5. The third-order valence-electron chi connectivity index (χ3n) is 4.61. The van der Waals surface area contributed by atoms with E-state index in [2.05, 4.69) is 10.6 Å². The third kappa shape index (κ3) is 10.3. The molecule has 0 aliphatic rings. The molecule has 0 aliphatic heterocycles. The first-order valence-corrected chi connectivity index (χ1v) is 10.6. The summed E-state index contributed by atoms with van der Waals surface area (Å²) in [6.45, 7) is 3.54. The standard InChI is InChI=1S/C22H30N2O10/c1-12(2)9-14(11-25)23-20(29)16(24-17(26)7-8-18(27)28)10-13-3-5-15(6-4-13)34-19(21(30)31)22(32)33/h3-6,12,14,16,19,25H,7-11H2,1-2H3,(H,23,29)(H,24,26)(H,27,28)(H,30,31)(H,32,33)/t14-,16?/m0/s1. The van der Waals surface area contributed by atoms with Gasteiger partial charge in [-0.25, -0.2) is 9.59 Å². The molecule has 0 saturated heterocycles. The summed E-state index contributed by atoms with van der Waals surface area (Å²) in [4.78, 5) is 57.6. The molecule has 1 aromatic rings. The number of amides is 2. The summed E-state index contributed by atoms with van der Waals surface area (Å²) < 4.78 is 4.94. The summed E-state index contributed by atoms with van der Waals surface area (Å²) in [5.74, 6) is -5.55. The van der Waals surface area contributed by atoms with Crippen molar-refractivity contribution in [1.82, 2.24) is 10.6 Å². The maximum atomic E-state index is 12.8. The van der Waals surface area contributed by atoms with Gasteiger partial charge in [0.25, 0.3) is 6.10 Å². The highest BCUT2D eigenvalue weighted by atomic mass is 16.5. The number of carbonyl (C=O) groups excluding carboxylic acids is 2. The fourth-order valence-corrected chi connectivity index (χ4v) is 3.03.